The number of rotatable bonds is 4. The Labute approximate surface area is 111 Å². The molecule has 0 aliphatic rings. The third kappa shape index (κ3) is 3.21. The van der Waals surface area contributed by atoms with Crippen molar-refractivity contribution in [1.29, 1.82) is 0 Å². The summed E-state index contributed by atoms with van der Waals surface area (Å²) < 4.78 is 5.03. The van der Waals surface area contributed by atoms with Crippen LogP contribution in [0, 0.1) is 13.8 Å². The first kappa shape index (κ1) is 14.9. The number of carboxylic acid groups (broad SMARTS) is 1. The van der Waals surface area contributed by atoms with Crippen molar-refractivity contribution in [2.24, 2.45) is 0 Å². The van der Waals surface area contributed by atoms with Gasteiger partial charge in [-0.3, -0.25) is 4.79 Å². The highest BCUT2D eigenvalue weighted by Gasteiger charge is 2.19. The van der Waals surface area contributed by atoms with Gasteiger partial charge in [0.25, 0.3) is 0 Å². The van der Waals surface area contributed by atoms with Gasteiger partial charge in [0.15, 0.2) is 0 Å². The van der Waals surface area contributed by atoms with E-state index in [1.807, 2.05) is 0 Å². The minimum atomic E-state index is -1.09. The molecule has 0 bridgehead atoms. The van der Waals surface area contributed by atoms with E-state index in [1.165, 1.54) is 18.7 Å². The summed E-state index contributed by atoms with van der Waals surface area (Å²) in [4.78, 5) is 24.4. The number of nitrogens with zero attached hydrogens (tertiary/aromatic N) is 2. The SMILES string of the molecule is CC(C(=O)O)=C(C)C(=O)N(C)Cc1c(C)noc1C. The molecule has 0 radical (unpaired) electrons. The Balaban J connectivity index is 2.91. The second-order valence-electron chi connectivity index (χ2n) is 4.52. The van der Waals surface area contributed by atoms with Crippen LogP contribution >= 0.6 is 0 Å². The van der Waals surface area contributed by atoms with E-state index in [0.717, 1.165) is 11.3 Å². The van der Waals surface area contributed by atoms with E-state index in [4.69, 9.17) is 9.63 Å². The van der Waals surface area contributed by atoms with Gasteiger partial charge in [-0.15, -0.1) is 0 Å². The molecule has 1 amide bonds. The molecule has 1 heterocycles. The Morgan fingerprint density at radius 2 is 1.84 bits per heavy atom. The third-order valence-corrected chi connectivity index (χ3v) is 3.13. The Morgan fingerprint density at radius 3 is 2.26 bits per heavy atom. The quantitative estimate of drug-likeness (QED) is 0.838. The van der Waals surface area contributed by atoms with Crippen molar-refractivity contribution in [3.05, 3.63) is 28.2 Å². The maximum Gasteiger partial charge on any atom is 0.331 e. The molecular formula is C13H18N2O4. The largest absolute Gasteiger partial charge is 0.478 e. The number of carbonyl (C=O) groups excluding carboxylic acids is 1. The van der Waals surface area contributed by atoms with Gasteiger partial charge in [0.2, 0.25) is 5.91 Å². The molecule has 104 valence electrons. The number of aromatic nitrogens is 1. The van der Waals surface area contributed by atoms with Crippen molar-refractivity contribution < 1.29 is 19.2 Å². The molecule has 0 spiro atoms. The molecule has 1 rings (SSSR count). The molecule has 0 saturated heterocycles. The van der Waals surface area contributed by atoms with Crippen LogP contribution in [0.4, 0.5) is 0 Å². The van der Waals surface area contributed by atoms with Crippen molar-refractivity contribution in [2.45, 2.75) is 34.2 Å². The summed E-state index contributed by atoms with van der Waals surface area (Å²) in [6.45, 7) is 6.84. The van der Waals surface area contributed by atoms with Crippen LogP contribution in [0.3, 0.4) is 0 Å². The molecule has 1 aromatic rings. The predicted molar refractivity (Wildman–Crippen MR) is 68.5 cm³/mol. The first-order valence-electron chi connectivity index (χ1n) is 5.83. The van der Waals surface area contributed by atoms with E-state index in [9.17, 15) is 9.59 Å². The molecule has 1 N–H and O–H groups in total. The molecule has 0 aliphatic heterocycles. The van der Waals surface area contributed by atoms with Crippen LogP contribution in [0.1, 0.15) is 30.9 Å². The van der Waals surface area contributed by atoms with Crippen LogP contribution in [-0.4, -0.2) is 34.1 Å². The van der Waals surface area contributed by atoms with Gasteiger partial charge in [-0.25, -0.2) is 4.79 Å². The number of hydrogen-bond acceptors (Lipinski definition) is 4. The summed E-state index contributed by atoms with van der Waals surface area (Å²) in [5.74, 6) is -0.745. The Bertz CT molecular complexity index is 523. The van der Waals surface area contributed by atoms with Gasteiger partial charge >= 0.3 is 5.97 Å². The Hall–Kier alpha value is -2.11. The van der Waals surface area contributed by atoms with Crippen LogP contribution in [0.2, 0.25) is 0 Å². The summed E-state index contributed by atoms with van der Waals surface area (Å²) in [5, 5.41) is 12.7. The number of amides is 1. The van der Waals surface area contributed by atoms with Crippen LogP contribution in [0.25, 0.3) is 0 Å². The lowest BCUT2D eigenvalue weighted by molar-refractivity contribution is -0.133. The number of aliphatic carboxylic acids is 1. The minimum absolute atomic E-state index is 0.0515. The van der Waals surface area contributed by atoms with E-state index in [-0.39, 0.29) is 17.1 Å². The number of carbonyl (C=O) groups is 2. The number of aryl methyl sites for hydroxylation is 2. The summed E-state index contributed by atoms with van der Waals surface area (Å²) in [7, 11) is 1.62. The van der Waals surface area contributed by atoms with E-state index in [2.05, 4.69) is 5.16 Å². The Kier molecular flexibility index (Phi) is 4.47. The average Bonchev–Trinajstić information content (AvgIpc) is 2.67. The smallest absolute Gasteiger partial charge is 0.331 e. The molecule has 0 aromatic carbocycles. The van der Waals surface area contributed by atoms with Crippen molar-refractivity contribution in [3.63, 3.8) is 0 Å². The van der Waals surface area contributed by atoms with Gasteiger partial charge in [-0.2, -0.15) is 0 Å². The highest BCUT2D eigenvalue weighted by molar-refractivity contribution is 6.01. The highest BCUT2D eigenvalue weighted by Crippen LogP contribution is 2.16. The number of likely N-dealkylation sites (N-methyl/N-ethyl adjacent to an activating group) is 1. The third-order valence-electron chi connectivity index (χ3n) is 3.13. The van der Waals surface area contributed by atoms with Crippen LogP contribution in [-0.2, 0) is 16.1 Å². The highest BCUT2D eigenvalue weighted by atomic mass is 16.5. The van der Waals surface area contributed by atoms with Gasteiger partial charge in [-0.05, 0) is 27.7 Å². The van der Waals surface area contributed by atoms with Gasteiger partial charge in [0, 0.05) is 23.8 Å². The molecule has 0 atom stereocenters. The predicted octanol–water partition coefficient (Wildman–Crippen LogP) is 1.67. The first-order valence-corrected chi connectivity index (χ1v) is 5.83. The minimum Gasteiger partial charge on any atom is -0.478 e. The first-order chi connectivity index (χ1) is 8.75. The fourth-order valence-corrected chi connectivity index (χ4v) is 1.64. The molecule has 0 saturated carbocycles. The zero-order chi connectivity index (χ0) is 14.7. The van der Waals surface area contributed by atoms with E-state index < -0.39 is 5.97 Å². The van der Waals surface area contributed by atoms with Gasteiger partial charge in [0.1, 0.15) is 5.76 Å². The summed E-state index contributed by atoms with van der Waals surface area (Å²) in [6, 6.07) is 0. The van der Waals surface area contributed by atoms with Crippen LogP contribution in [0.15, 0.2) is 15.7 Å². The topological polar surface area (TPSA) is 83.6 Å². The van der Waals surface area contributed by atoms with Crippen molar-refractivity contribution >= 4 is 11.9 Å². The fraction of sp³-hybridized carbons (Fsp3) is 0.462. The molecule has 1 aromatic heterocycles. The molecule has 6 heteroatoms. The monoisotopic (exact) mass is 266 g/mol. The van der Waals surface area contributed by atoms with E-state index in [1.54, 1.807) is 20.9 Å². The average molecular weight is 266 g/mol. The fourth-order valence-electron chi connectivity index (χ4n) is 1.64. The van der Waals surface area contributed by atoms with Gasteiger partial charge < -0.3 is 14.5 Å². The summed E-state index contributed by atoms with van der Waals surface area (Å²) in [6.07, 6.45) is 0. The number of carboxylic acids is 1. The van der Waals surface area contributed by atoms with Crippen LogP contribution in [0.5, 0.6) is 0 Å². The molecule has 6 nitrogen and oxygen atoms in total. The van der Waals surface area contributed by atoms with E-state index >= 15 is 0 Å². The van der Waals surface area contributed by atoms with E-state index in [0.29, 0.717) is 12.3 Å². The summed E-state index contributed by atoms with van der Waals surface area (Å²) >= 11 is 0. The maximum atomic E-state index is 12.1. The number of hydrogen-bond donors (Lipinski definition) is 1. The molecule has 0 aliphatic carbocycles. The zero-order valence-corrected chi connectivity index (χ0v) is 11.8. The van der Waals surface area contributed by atoms with Gasteiger partial charge in [-0.1, -0.05) is 5.16 Å². The van der Waals surface area contributed by atoms with Crippen LogP contribution < -0.4 is 0 Å². The lowest BCUT2D eigenvalue weighted by Gasteiger charge is -2.18. The molecule has 0 fully saturated rings. The molecule has 19 heavy (non-hydrogen) atoms. The van der Waals surface area contributed by atoms with Crippen molar-refractivity contribution in [1.82, 2.24) is 10.1 Å². The van der Waals surface area contributed by atoms with Crippen molar-refractivity contribution in [3.8, 4) is 0 Å². The Morgan fingerprint density at radius 1 is 1.26 bits per heavy atom. The lowest BCUT2D eigenvalue weighted by atomic mass is 10.1. The normalized spacial score (nSPS) is 12.1. The second kappa shape index (κ2) is 5.69. The maximum absolute atomic E-state index is 12.1. The van der Waals surface area contributed by atoms with Crippen molar-refractivity contribution in [2.75, 3.05) is 7.05 Å². The zero-order valence-electron chi connectivity index (χ0n) is 11.8. The molecular weight excluding hydrogens is 248 g/mol. The second-order valence-corrected chi connectivity index (χ2v) is 4.52. The molecule has 0 unspecified atom stereocenters. The standard InChI is InChI=1S/C13H18N2O4/c1-7(8(2)13(17)18)12(16)15(5)6-11-9(3)14-19-10(11)4/h6H2,1-5H3,(H,17,18). The van der Waals surface area contributed by atoms with Gasteiger partial charge in [0.05, 0.1) is 12.2 Å². The summed E-state index contributed by atoms with van der Waals surface area (Å²) in [5.41, 5.74) is 1.85. The lowest BCUT2D eigenvalue weighted by Crippen LogP contribution is -2.28.